The number of furan rings is 2. The zero-order valence-electron chi connectivity index (χ0n) is 64.8. The molecule has 0 fully saturated rings. The molecule has 2 heteroatoms. The molecule has 2 aliphatic rings. The minimum Gasteiger partial charge on any atom is -0.455 e. The van der Waals surface area contributed by atoms with E-state index in [0.717, 1.165) is 66.1 Å². The summed E-state index contributed by atoms with van der Waals surface area (Å²) in [6.45, 7) is 9.58. The number of hydrogen-bond acceptors (Lipinski definition) is 2. The molecule has 2 aliphatic carbocycles. The molecule has 2 heterocycles. The maximum Gasteiger partial charge on any atom is 0.143 e. The standard InChI is InChI=1S/2C57H38O/c1-57(2)51-34-38-15-4-3-14-37(38)33-50(51)48-25-12-23-41(55(48)57)39-16-11-17-40(32-39)54-46-21-7-5-19-44(46)53(45-20-6-8-22-47(45)54)36-30-28-35(29-31-36)42-24-13-26-49-43-18-9-10-27-52(43)58-56(42)49;1-57(2)51-34-36-17-4-3-16-35(36)33-50(51)47-28-14-27-39(55(47)57)37-18-13-19-38(32-37)53-43-23-7-9-25-45(43)54(46-26-10-8-24-44(46)53)42-22-6-5-20-40(42)48-29-15-30-49-41-21-11-12-31-52(41)58-56(48)49/h2*3-34H,1-2H3. The maximum atomic E-state index is 6.61. The topological polar surface area (TPSA) is 26.3 Å². The van der Waals surface area contributed by atoms with Crippen molar-refractivity contribution in [2.75, 3.05) is 0 Å². The van der Waals surface area contributed by atoms with E-state index in [1.165, 1.54) is 176 Å². The average molecular weight is 1480 g/mol. The first-order chi connectivity index (χ1) is 57.1. The van der Waals surface area contributed by atoms with Crippen LogP contribution in [-0.2, 0) is 10.8 Å². The fourth-order valence-electron chi connectivity index (χ4n) is 20.5. The van der Waals surface area contributed by atoms with Crippen LogP contribution in [0.4, 0.5) is 0 Å². The molecule has 0 unspecified atom stereocenters. The second-order valence-electron chi connectivity index (χ2n) is 32.7. The van der Waals surface area contributed by atoms with Crippen LogP contribution in [0, 0.1) is 0 Å². The highest BCUT2D eigenvalue weighted by molar-refractivity contribution is 6.25. The molecule has 0 saturated heterocycles. The Morgan fingerprint density at radius 1 is 0.172 bits per heavy atom. The third kappa shape index (κ3) is 10.3. The van der Waals surface area contributed by atoms with Gasteiger partial charge in [-0.25, -0.2) is 0 Å². The minimum atomic E-state index is -0.150. The van der Waals surface area contributed by atoms with E-state index in [4.69, 9.17) is 8.83 Å². The molecule has 0 saturated carbocycles. The summed E-state index contributed by atoms with van der Waals surface area (Å²) >= 11 is 0. The molecule has 116 heavy (non-hydrogen) atoms. The highest BCUT2D eigenvalue weighted by atomic mass is 16.3. The Kier molecular flexibility index (Phi) is 15.1. The van der Waals surface area contributed by atoms with Gasteiger partial charge in [0.05, 0.1) is 0 Å². The van der Waals surface area contributed by atoms with E-state index in [0.29, 0.717) is 0 Å². The minimum absolute atomic E-state index is 0.142. The van der Waals surface area contributed by atoms with Crippen molar-refractivity contribution in [1.82, 2.24) is 0 Å². The highest BCUT2D eigenvalue weighted by Gasteiger charge is 2.40. The lowest BCUT2D eigenvalue weighted by Crippen LogP contribution is -2.16. The summed E-state index contributed by atoms with van der Waals surface area (Å²) < 4.78 is 13.0. The molecule has 20 aromatic carbocycles. The predicted molar refractivity (Wildman–Crippen MR) is 491 cm³/mol. The van der Waals surface area contributed by atoms with E-state index in [9.17, 15) is 0 Å². The van der Waals surface area contributed by atoms with E-state index in [1.54, 1.807) is 0 Å². The Labute approximate surface area is 673 Å². The predicted octanol–water partition coefficient (Wildman–Crippen LogP) is 32.0. The second kappa shape index (κ2) is 26.1. The largest absolute Gasteiger partial charge is 0.455 e. The van der Waals surface area contributed by atoms with Crippen LogP contribution in [0.2, 0.25) is 0 Å². The fraction of sp³-hybridized carbons (Fsp3) is 0.0526. The normalized spacial score (nSPS) is 13.1. The van der Waals surface area contributed by atoms with Gasteiger partial charge in [-0.3, -0.25) is 0 Å². The summed E-state index contributed by atoms with van der Waals surface area (Å²) in [5.41, 5.74) is 33.8. The first-order valence-corrected chi connectivity index (χ1v) is 40.5. The molecule has 2 nitrogen and oxygen atoms in total. The molecule has 0 aliphatic heterocycles. The van der Waals surface area contributed by atoms with Crippen LogP contribution in [-0.4, -0.2) is 0 Å². The molecule has 22 aromatic rings. The van der Waals surface area contributed by atoms with Crippen molar-refractivity contribution < 1.29 is 8.83 Å². The smallest absolute Gasteiger partial charge is 0.143 e. The molecule has 0 radical (unpaired) electrons. The van der Waals surface area contributed by atoms with Crippen molar-refractivity contribution in [1.29, 1.82) is 0 Å². The van der Waals surface area contributed by atoms with E-state index < -0.39 is 0 Å². The van der Waals surface area contributed by atoms with Crippen molar-refractivity contribution in [2.45, 2.75) is 38.5 Å². The molecule has 544 valence electrons. The lowest BCUT2D eigenvalue weighted by atomic mass is 9.78. The number of hydrogen-bond donors (Lipinski definition) is 0. The van der Waals surface area contributed by atoms with Crippen LogP contribution in [0.15, 0.2) is 397 Å². The van der Waals surface area contributed by atoms with Crippen LogP contribution in [0.3, 0.4) is 0 Å². The zero-order chi connectivity index (χ0) is 77.1. The Morgan fingerprint density at radius 3 is 0.914 bits per heavy atom. The molecule has 0 N–H and O–H groups in total. The third-order valence-electron chi connectivity index (χ3n) is 25.6. The van der Waals surface area contributed by atoms with Crippen molar-refractivity contribution in [2.24, 2.45) is 0 Å². The van der Waals surface area contributed by atoms with Crippen molar-refractivity contribution in [3.8, 4) is 111 Å². The number of rotatable bonds is 8. The van der Waals surface area contributed by atoms with Crippen LogP contribution in [0.1, 0.15) is 49.9 Å². The van der Waals surface area contributed by atoms with Gasteiger partial charge in [-0.05, 0) is 236 Å². The van der Waals surface area contributed by atoms with Gasteiger partial charge in [-0.15, -0.1) is 0 Å². The summed E-state index contributed by atoms with van der Waals surface area (Å²) in [6, 6.07) is 143. The fourth-order valence-corrected chi connectivity index (χ4v) is 20.5. The Balaban J connectivity index is 0.000000137. The summed E-state index contributed by atoms with van der Waals surface area (Å²) in [7, 11) is 0. The summed E-state index contributed by atoms with van der Waals surface area (Å²) in [4.78, 5) is 0. The van der Waals surface area contributed by atoms with E-state index in [-0.39, 0.29) is 10.8 Å². The number of para-hydroxylation sites is 4. The highest BCUT2D eigenvalue weighted by Crippen LogP contribution is 2.57. The van der Waals surface area contributed by atoms with E-state index in [2.05, 4.69) is 398 Å². The van der Waals surface area contributed by atoms with Gasteiger partial charge in [-0.1, -0.05) is 367 Å². The van der Waals surface area contributed by atoms with Gasteiger partial charge in [0.25, 0.3) is 0 Å². The van der Waals surface area contributed by atoms with Crippen LogP contribution >= 0.6 is 0 Å². The Bertz CT molecular complexity index is 7770. The SMILES string of the molecule is CC1(C)c2cc3ccccc3cc2-c2cccc(-c3cccc(-c4c5ccccc5c(-c5ccc(-c6cccc7c6oc6ccccc67)cc5)c5ccccc45)c3)c21.CC1(C)c2cc3ccccc3cc2-c2cccc(-c3cccc(-c4c5ccccc5c(-c5ccccc5-c5cccc6c5oc5ccccc56)c5ccccc45)c3)c21. The molecule has 0 amide bonds. The Morgan fingerprint density at radius 2 is 0.466 bits per heavy atom. The molecular formula is C114H76O2. The van der Waals surface area contributed by atoms with Gasteiger partial charge in [0.2, 0.25) is 0 Å². The monoisotopic (exact) mass is 1480 g/mol. The molecule has 24 rings (SSSR count). The van der Waals surface area contributed by atoms with Gasteiger partial charge < -0.3 is 8.83 Å². The molecule has 0 spiro atoms. The summed E-state index contributed by atoms with van der Waals surface area (Å²) in [5, 5.41) is 19.7. The van der Waals surface area contributed by atoms with Gasteiger partial charge in [-0.2, -0.15) is 0 Å². The van der Waals surface area contributed by atoms with Crippen LogP contribution < -0.4 is 0 Å². The third-order valence-corrected chi connectivity index (χ3v) is 25.6. The van der Waals surface area contributed by atoms with Crippen molar-refractivity contribution in [3.63, 3.8) is 0 Å². The quantitative estimate of drug-likeness (QED) is 0.142. The summed E-state index contributed by atoms with van der Waals surface area (Å²) in [5.74, 6) is 0. The molecule has 0 atom stereocenters. The van der Waals surface area contributed by atoms with Gasteiger partial charge in [0.15, 0.2) is 0 Å². The van der Waals surface area contributed by atoms with Gasteiger partial charge in [0, 0.05) is 43.5 Å². The maximum absolute atomic E-state index is 6.61. The van der Waals surface area contributed by atoms with Crippen LogP contribution in [0.5, 0.6) is 0 Å². The molecular weight excluding hydrogens is 1400 g/mol. The molecule has 0 bridgehead atoms. The number of benzene rings is 20. The average Bonchev–Trinajstić information content (AvgIpc) is 1.67. The van der Waals surface area contributed by atoms with E-state index in [1.807, 2.05) is 18.2 Å². The summed E-state index contributed by atoms with van der Waals surface area (Å²) in [6.07, 6.45) is 0. The lowest BCUT2D eigenvalue weighted by molar-refractivity contribution is 0.663. The van der Waals surface area contributed by atoms with Gasteiger partial charge >= 0.3 is 0 Å². The Hall–Kier alpha value is -14.4. The second-order valence-corrected chi connectivity index (χ2v) is 32.7. The van der Waals surface area contributed by atoms with Gasteiger partial charge in [0.1, 0.15) is 22.3 Å². The van der Waals surface area contributed by atoms with E-state index >= 15 is 0 Å². The zero-order valence-corrected chi connectivity index (χ0v) is 64.8. The van der Waals surface area contributed by atoms with Crippen molar-refractivity contribution >= 4 is 109 Å². The number of fused-ring (bicyclic) bond motifs is 18. The molecule has 2 aromatic heterocycles. The van der Waals surface area contributed by atoms with Crippen molar-refractivity contribution in [3.05, 3.63) is 411 Å². The van der Waals surface area contributed by atoms with Crippen LogP contribution in [0.25, 0.3) is 220 Å². The lowest BCUT2D eigenvalue weighted by Gasteiger charge is -2.25. The first-order valence-electron chi connectivity index (χ1n) is 40.5. The first kappa shape index (κ1) is 67.3.